The van der Waals surface area contributed by atoms with Gasteiger partial charge in [0.15, 0.2) is 6.61 Å². The van der Waals surface area contributed by atoms with E-state index in [0.29, 0.717) is 22.4 Å². The number of ether oxygens (including phenoxy) is 1. The molecule has 1 unspecified atom stereocenters. The second-order valence-electron chi connectivity index (χ2n) is 6.07. The summed E-state index contributed by atoms with van der Waals surface area (Å²) in [5.41, 5.74) is 1.66. The minimum atomic E-state index is -1.01. The highest BCUT2D eigenvalue weighted by atomic mass is 32.1. The van der Waals surface area contributed by atoms with E-state index in [2.05, 4.69) is 24.1 Å². The molecule has 2 aromatic rings. The zero-order valence-electron chi connectivity index (χ0n) is 14.7. The van der Waals surface area contributed by atoms with Gasteiger partial charge in [0.1, 0.15) is 15.6 Å². The highest BCUT2D eigenvalue weighted by Crippen LogP contribution is 2.23. The van der Waals surface area contributed by atoms with E-state index in [4.69, 9.17) is 9.84 Å². The number of hydrogen-bond donors (Lipinski definition) is 2. The molecule has 0 bridgehead atoms. The lowest BCUT2D eigenvalue weighted by Crippen LogP contribution is -2.31. The summed E-state index contributed by atoms with van der Waals surface area (Å²) in [4.78, 5) is 27.5. The number of rotatable bonds is 7. The number of carbonyl (C=O) groups excluding carboxylic acids is 1. The number of aromatic nitrogens is 1. The lowest BCUT2D eigenvalue weighted by molar-refractivity contribution is -0.123. The Labute approximate surface area is 150 Å². The standard InChI is InChI=1S/C18H22N2O4S/c1-10(2)13-5-7-14(8-6-13)24-9-15(21)19-12(4)17-20-11(3)16(25-17)18(22)23/h5-8,10,12H,9H2,1-4H3,(H,19,21)(H,22,23). The van der Waals surface area contributed by atoms with Crippen LogP contribution in [-0.4, -0.2) is 28.6 Å². The number of amides is 1. The summed E-state index contributed by atoms with van der Waals surface area (Å²) in [6.45, 7) is 7.52. The van der Waals surface area contributed by atoms with E-state index in [1.54, 1.807) is 13.8 Å². The van der Waals surface area contributed by atoms with Crippen molar-refractivity contribution in [2.45, 2.75) is 39.7 Å². The van der Waals surface area contributed by atoms with Crippen LogP contribution in [0.15, 0.2) is 24.3 Å². The van der Waals surface area contributed by atoms with Gasteiger partial charge in [-0.1, -0.05) is 26.0 Å². The Bertz CT molecular complexity index is 753. The molecule has 1 atom stereocenters. The highest BCUT2D eigenvalue weighted by Gasteiger charge is 2.19. The summed E-state index contributed by atoms with van der Waals surface area (Å²) in [6.07, 6.45) is 0. The molecule has 0 aliphatic carbocycles. The molecule has 0 spiro atoms. The minimum Gasteiger partial charge on any atom is -0.484 e. The zero-order valence-corrected chi connectivity index (χ0v) is 15.5. The molecule has 6 nitrogen and oxygen atoms in total. The van der Waals surface area contributed by atoms with Gasteiger partial charge < -0.3 is 15.2 Å². The molecular formula is C18H22N2O4S. The molecule has 0 radical (unpaired) electrons. The highest BCUT2D eigenvalue weighted by molar-refractivity contribution is 7.13. The number of benzene rings is 1. The van der Waals surface area contributed by atoms with Crippen LogP contribution < -0.4 is 10.1 Å². The second kappa shape index (κ2) is 8.11. The molecule has 25 heavy (non-hydrogen) atoms. The first-order valence-electron chi connectivity index (χ1n) is 8.00. The van der Waals surface area contributed by atoms with Crippen molar-refractivity contribution >= 4 is 23.2 Å². The molecule has 1 heterocycles. The summed E-state index contributed by atoms with van der Waals surface area (Å²) in [5.74, 6) is -0.223. The third kappa shape index (κ3) is 5.03. The fourth-order valence-electron chi connectivity index (χ4n) is 2.24. The van der Waals surface area contributed by atoms with Crippen LogP contribution in [-0.2, 0) is 4.79 Å². The molecule has 1 aromatic heterocycles. The number of aromatic carboxylic acids is 1. The second-order valence-corrected chi connectivity index (χ2v) is 7.10. The molecule has 1 aromatic carbocycles. The Morgan fingerprint density at radius 3 is 2.40 bits per heavy atom. The summed E-state index contributed by atoms with van der Waals surface area (Å²) >= 11 is 1.07. The zero-order chi connectivity index (χ0) is 18.6. The number of nitrogens with zero attached hydrogens (tertiary/aromatic N) is 1. The molecule has 2 N–H and O–H groups in total. The Morgan fingerprint density at radius 1 is 1.24 bits per heavy atom. The van der Waals surface area contributed by atoms with Gasteiger partial charge >= 0.3 is 5.97 Å². The molecule has 0 saturated carbocycles. The number of hydrogen-bond acceptors (Lipinski definition) is 5. The Hall–Kier alpha value is -2.41. The van der Waals surface area contributed by atoms with Gasteiger partial charge in [-0.2, -0.15) is 0 Å². The van der Waals surface area contributed by atoms with Crippen LogP contribution in [0.1, 0.15) is 58.7 Å². The average Bonchev–Trinajstić information content (AvgIpc) is 2.95. The summed E-state index contributed by atoms with van der Waals surface area (Å²) < 4.78 is 5.48. The topological polar surface area (TPSA) is 88.5 Å². The van der Waals surface area contributed by atoms with Crippen LogP contribution in [0.25, 0.3) is 0 Å². The van der Waals surface area contributed by atoms with Crippen LogP contribution in [0.2, 0.25) is 0 Å². The maximum absolute atomic E-state index is 12.0. The third-order valence-electron chi connectivity index (χ3n) is 3.67. The molecule has 2 rings (SSSR count). The van der Waals surface area contributed by atoms with Crippen molar-refractivity contribution in [3.63, 3.8) is 0 Å². The number of nitrogens with one attached hydrogen (secondary N) is 1. The van der Waals surface area contributed by atoms with Gasteiger partial charge in [-0.15, -0.1) is 11.3 Å². The summed E-state index contributed by atoms with van der Waals surface area (Å²) in [6, 6.07) is 7.26. The Balaban J connectivity index is 1.89. The first-order chi connectivity index (χ1) is 11.8. The maximum atomic E-state index is 12.0. The van der Waals surface area contributed by atoms with Crippen LogP contribution in [0, 0.1) is 6.92 Å². The first kappa shape index (κ1) is 18.9. The molecule has 1 amide bonds. The summed E-state index contributed by atoms with van der Waals surface area (Å²) in [5, 5.41) is 12.4. The molecule has 0 aliphatic heterocycles. The van der Waals surface area contributed by atoms with E-state index < -0.39 is 5.97 Å². The lowest BCUT2D eigenvalue weighted by atomic mass is 10.0. The number of carbonyl (C=O) groups is 2. The third-order valence-corrected chi connectivity index (χ3v) is 5.00. The van der Waals surface area contributed by atoms with Crippen LogP contribution in [0.3, 0.4) is 0 Å². The Kier molecular flexibility index (Phi) is 6.14. The number of thiazole rings is 1. The van der Waals surface area contributed by atoms with Gasteiger partial charge in [0.05, 0.1) is 11.7 Å². The quantitative estimate of drug-likeness (QED) is 0.786. The van der Waals surface area contributed by atoms with Crippen LogP contribution >= 0.6 is 11.3 Å². The molecular weight excluding hydrogens is 340 g/mol. The lowest BCUT2D eigenvalue weighted by Gasteiger charge is -2.12. The minimum absolute atomic E-state index is 0.110. The van der Waals surface area contributed by atoms with Gasteiger partial charge in [0.2, 0.25) is 0 Å². The first-order valence-corrected chi connectivity index (χ1v) is 8.82. The smallest absolute Gasteiger partial charge is 0.347 e. The molecule has 0 aliphatic rings. The molecule has 7 heteroatoms. The fraction of sp³-hybridized carbons (Fsp3) is 0.389. The van der Waals surface area contributed by atoms with Crippen molar-refractivity contribution in [2.24, 2.45) is 0 Å². The number of aryl methyl sites for hydroxylation is 1. The van der Waals surface area contributed by atoms with Crippen molar-refractivity contribution in [1.29, 1.82) is 0 Å². The van der Waals surface area contributed by atoms with E-state index in [1.165, 1.54) is 5.56 Å². The predicted molar refractivity (Wildman–Crippen MR) is 96.4 cm³/mol. The molecule has 134 valence electrons. The van der Waals surface area contributed by atoms with Crippen molar-refractivity contribution < 1.29 is 19.4 Å². The fourth-order valence-corrected chi connectivity index (χ4v) is 3.15. The average molecular weight is 362 g/mol. The van der Waals surface area contributed by atoms with Gasteiger partial charge in [-0.25, -0.2) is 9.78 Å². The number of carboxylic acids is 1. The SMILES string of the molecule is Cc1nc(C(C)NC(=O)COc2ccc(C(C)C)cc2)sc1C(=O)O. The van der Waals surface area contributed by atoms with E-state index in [0.717, 1.165) is 11.3 Å². The van der Waals surface area contributed by atoms with Crippen LogP contribution in [0.5, 0.6) is 5.75 Å². The maximum Gasteiger partial charge on any atom is 0.347 e. The normalized spacial score (nSPS) is 12.0. The van der Waals surface area contributed by atoms with Gasteiger partial charge in [0.25, 0.3) is 5.91 Å². The summed E-state index contributed by atoms with van der Waals surface area (Å²) in [7, 11) is 0. The van der Waals surface area contributed by atoms with E-state index in [9.17, 15) is 9.59 Å². The Morgan fingerprint density at radius 2 is 1.88 bits per heavy atom. The molecule has 0 saturated heterocycles. The van der Waals surface area contributed by atoms with Crippen molar-refractivity contribution in [3.05, 3.63) is 45.4 Å². The van der Waals surface area contributed by atoms with Gasteiger partial charge in [-0.3, -0.25) is 4.79 Å². The molecule has 0 fully saturated rings. The van der Waals surface area contributed by atoms with E-state index in [-0.39, 0.29) is 23.4 Å². The predicted octanol–water partition coefficient (Wildman–Crippen LogP) is 3.53. The van der Waals surface area contributed by atoms with E-state index in [1.807, 2.05) is 24.3 Å². The van der Waals surface area contributed by atoms with E-state index >= 15 is 0 Å². The monoisotopic (exact) mass is 362 g/mol. The van der Waals surface area contributed by atoms with Crippen molar-refractivity contribution in [1.82, 2.24) is 10.3 Å². The van der Waals surface area contributed by atoms with Crippen LogP contribution in [0.4, 0.5) is 0 Å². The van der Waals surface area contributed by atoms with Gasteiger partial charge in [0, 0.05) is 0 Å². The van der Waals surface area contributed by atoms with Crippen molar-refractivity contribution in [3.8, 4) is 5.75 Å². The van der Waals surface area contributed by atoms with Gasteiger partial charge in [-0.05, 0) is 37.5 Å². The van der Waals surface area contributed by atoms with Crippen molar-refractivity contribution in [2.75, 3.05) is 6.61 Å². The largest absolute Gasteiger partial charge is 0.484 e. The number of carboxylic acid groups (broad SMARTS) is 1.